The second-order valence-electron chi connectivity index (χ2n) is 4.41. The van der Waals surface area contributed by atoms with Crippen molar-refractivity contribution in [3.05, 3.63) is 23.8 Å². The Kier molecular flexibility index (Phi) is 2.97. The van der Waals surface area contributed by atoms with Crippen molar-refractivity contribution in [3.63, 3.8) is 0 Å². The molecule has 2 aliphatic rings. The van der Waals surface area contributed by atoms with Crippen LogP contribution in [0.4, 0.5) is 0 Å². The molecule has 1 N–H and O–H groups in total. The van der Waals surface area contributed by atoms with E-state index >= 15 is 0 Å². The molecule has 0 spiro atoms. The van der Waals surface area contributed by atoms with E-state index in [0.717, 1.165) is 5.56 Å². The predicted octanol–water partition coefficient (Wildman–Crippen LogP) is 0.412. The first-order chi connectivity index (χ1) is 9.29. The maximum atomic E-state index is 11.9. The summed E-state index contributed by atoms with van der Waals surface area (Å²) >= 11 is 0. The monoisotopic (exact) mass is 259 g/mol. The second kappa shape index (κ2) is 4.78. The topological polar surface area (TPSA) is 74.6 Å². The fourth-order valence-electron chi connectivity index (χ4n) is 2.30. The zero-order valence-electron chi connectivity index (χ0n) is 10.3. The molecule has 2 heterocycles. The van der Waals surface area contributed by atoms with Gasteiger partial charge in [-0.1, -0.05) is 6.07 Å². The van der Waals surface area contributed by atoms with Gasteiger partial charge in [0.05, 0.1) is 12.6 Å². The van der Waals surface area contributed by atoms with E-state index in [1.165, 1.54) is 0 Å². The van der Waals surface area contributed by atoms with Crippen LogP contribution in [0.5, 0.6) is 11.5 Å². The first kappa shape index (κ1) is 11.8. The summed E-state index contributed by atoms with van der Waals surface area (Å²) in [6.45, 7) is 1.71. The average Bonchev–Trinajstić information content (AvgIpc) is 2.89. The summed E-state index contributed by atoms with van der Waals surface area (Å²) in [5, 5.41) is 12.4. The molecule has 0 saturated carbocycles. The van der Waals surface area contributed by atoms with Gasteiger partial charge < -0.3 is 19.7 Å². The number of hydrogen-bond acceptors (Lipinski definition) is 5. The van der Waals surface area contributed by atoms with E-state index in [0.29, 0.717) is 24.6 Å². The lowest BCUT2D eigenvalue weighted by Crippen LogP contribution is -2.49. The molecule has 1 saturated heterocycles. The number of nitriles is 1. The molecule has 3 rings (SSSR count). The minimum atomic E-state index is -0.580. The number of nitrogens with one attached hydrogen (secondary N) is 1. The molecule has 1 atom stereocenters. The van der Waals surface area contributed by atoms with Crippen LogP contribution in [0.1, 0.15) is 11.6 Å². The number of rotatable bonds is 2. The van der Waals surface area contributed by atoms with Gasteiger partial charge in [-0.25, -0.2) is 0 Å². The smallest absolute Gasteiger partial charge is 0.237 e. The number of piperazine rings is 1. The van der Waals surface area contributed by atoms with Gasteiger partial charge in [-0.2, -0.15) is 5.26 Å². The molecule has 0 aromatic heterocycles. The highest BCUT2D eigenvalue weighted by Gasteiger charge is 2.28. The second-order valence-corrected chi connectivity index (χ2v) is 4.41. The molecule has 98 valence electrons. The van der Waals surface area contributed by atoms with Crippen molar-refractivity contribution in [1.82, 2.24) is 10.2 Å². The van der Waals surface area contributed by atoms with Crippen molar-refractivity contribution in [2.24, 2.45) is 0 Å². The maximum absolute atomic E-state index is 11.9. The molecule has 0 radical (unpaired) electrons. The Labute approximate surface area is 110 Å². The Bertz CT molecular complexity index is 553. The van der Waals surface area contributed by atoms with Crippen LogP contribution in [0.2, 0.25) is 0 Å². The fraction of sp³-hybridized carbons (Fsp3) is 0.385. The van der Waals surface area contributed by atoms with Crippen LogP contribution in [0.15, 0.2) is 18.2 Å². The van der Waals surface area contributed by atoms with Crippen LogP contribution in [-0.4, -0.2) is 37.2 Å². The van der Waals surface area contributed by atoms with Gasteiger partial charge in [0, 0.05) is 13.1 Å². The summed E-state index contributed by atoms with van der Waals surface area (Å²) < 4.78 is 10.5. The molecule has 6 nitrogen and oxygen atoms in total. The van der Waals surface area contributed by atoms with Crippen LogP contribution in [-0.2, 0) is 4.79 Å². The molecule has 0 aliphatic carbocycles. The molecule has 19 heavy (non-hydrogen) atoms. The minimum absolute atomic E-state index is 0.0598. The summed E-state index contributed by atoms with van der Waals surface area (Å²) in [4.78, 5) is 13.4. The highest BCUT2D eigenvalue weighted by atomic mass is 16.7. The summed E-state index contributed by atoms with van der Waals surface area (Å²) in [5.41, 5.74) is 0.752. The van der Waals surface area contributed by atoms with E-state index in [2.05, 4.69) is 11.4 Å². The quantitative estimate of drug-likeness (QED) is 0.832. The predicted molar refractivity (Wildman–Crippen MR) is 65.5 cm³/mol. The standard InChI is InChI=1S/C13H13N3O3/c14-6-10(16-4-3-15-7-13(16)17)9-1-2-11-12(5-9)19-8-18-11/h1-2,5,10,15H,3-4,7-8H2. The van der Waals surface area contributed by atoms with Crippen molar-refractivity contribution < 1.29 is 14.3 Å². The van der Waals surface area contributed by atoms with Gasteiger partial charge >= 0.3 is 0 Å². The van der Waals surface area contributed by atoms with Gasteiger partial charge in [-0.15, -0.1) is 0 Å². The van der Waals surface area contributed by atoms with Gasteiger partial charge in [0.1, 0.15) is 6.04 Å². The van der Waals surface area contributed by atoms with Crippen LogP contribution in [0.3, 0.4) is 0 Å². The van der Waals surface area contributed by atoms with Crippen molar-refractivity contribution in [1.29, 1.82) is 5.26 Å². The van der Waals surface area contributed by atoms with E-state index in [4.69, 9.17) is 9.47 Å². The fourth-order valence-corrected chi connectivity index (χ4v) is 2.30. The Hall–Kier alpha value is -2.26. The number of ether oxygens (including phenoxy) is 2. The lowest BCUT2D eigenvalue weighted by atomic mass is 10.0. The van der Waals surface area contributed by atoms with Gasteiger partial charge in [0.25, 0.3) is 0 Å². The van der Waals surface area contributed by atoms with E-state index in [-0.39, 0.29) is 19.2 Å². The average molecular weight is 259 g/mol. The van der Waals surface area contributed by atoms with Crippen molar-refractivity contribution >= 4 is 5.91 Å². The van der Waals surface area contributed by atoms with E-state index in [9.17, 15) is 10.1 Å². The van der Waals surface area contributed by atoms with Gasteiger partial charge in [-0.05, 0) is 17.7 Å². The van der Waals surface area contributed by atoms with Crippen LogP contribution < -0.4 is 14.8 Å². The zero-order valence-corrected chi connectivity index (χ0v) is 10.3. The molecule has 0 bridgehead atoms. The summed E-state index contributed by atoms with van der Waals surface area (Å²) in [6, 6.07) is 6.96. The van der Waals surface area contributed by atoms with E-state index in [1.807, 2.05) is 0 Å². The van der Waals surface area contributed by atoms with Crippen molar-refractivity contribution in [3.8, 4) is 17.6 Å². The molecule has 1 fully saturated rings. The van der Waals surface area contributed by atoms with Crippen molar-refractivity contribution in [2.45, 2.75) is 6.04 Å². The Balaban J connectivity index is 1.90. The molecule has 1 aromatic carbocycles. The Morgan fingerprint density at radius 3 is 3.00 bits per heavy atom. The third-order valence-corrected chi connectivity index (χ3v) is 3.27. The third kappa shape index (κ3) is 2.09. The van der Waals surface area contributed by atoms with Crippen LogP contribution in [0, 0.1) is 11.3 Å². The van der Waals surface area contributed by atoms with Crippen LogP contribution >= 0.6 is 0 Å². The summed E-state index contributed by atoms with van der Waals surface area (Å²) in [5.74, 6) is 1.24. The molecular weight excluding hydrogens is 246 g/mol. The number of carbonyl (C=O) groups is 1. The number of carbonyl (C=O) groups excluding carboxylic acids is 1. The minimum Gasteiger partial charge on any atom is -0.454 e. The number of fused-ring (bicyclic) bond motifs is 1. The maximum Gasteiger partial charge on any atom is 0.237 e. The molecular formula is C13H13N3O3. The SMILES string of the molecule is N#CC(c1ccc2c(c1)OCO2)N1CCNCC1=O. The molecule has 2 aliphatic heterocycles. The molecule has 1 aromatic rings. The summed E-state index contributed by atoms with van der Waals surface area (Å²) in [7, 11) is 0. The Morgan fingerprint density at radius 1 is 1.37 bits per heavy atom. The number of nitrogens with zero attached hydrogens (tertiary/aromatic N) is 2. The lowest BCUT2D eigenvalue weighted by Gasteiger charge is -2.31. The normalized spacial score (nSPS) is 19.1. The number of hydrogen-bond donors (Lipinski definition) is 1. The van der Waals surface area contributed by atoms with Gasteiger partial charge in [0.15, 0.2) is 11.5 Å². The highest BCUT2D eigenvalue weighted by molar-refractivity contribution is 5.80. The van der Waals surface area contributed by atoms with E-state index in [1.54, 1.807) is 23.1 Å². The lowest BCUT2D eigenvalue weighted by molar-refractivity contribution is -0.133. The molecule has 6 heteroatoms. The van der Waals surface area contributed by atoms with Gasteiger partial charge in [-0.3, -0.25) is 4.79 Å². The van der Waals surface area contributed by atoms with Gasteiger partial charge in [0.2, 0.25) is 12.7 Å². The first-order valence-electron chi connectivity index (χ1n) is 6.09. The van der Waals surface area contributed by atoms with E-state index < -0.39 is 6.04 Å². The Morgan fingerprint density at radius 2 is 2.21 bits per heavy atom. The van der Waals surface area contributed by atoms with Crippen LogP contribution in [0.25, 0.3) is 0 Å². The number of amides is 1. The number of benzene rings is 1. The molecule has 1 amide bonds. The molecule has 1 unspecified atom stereocenters. The first-order valence-corrected chi connectivity index (χ1v) is 6.09. The summed E-state index contributed by atoms with van der Waals surface area (Å²) in [6.07, 6.45) is 0. The third-order valence-electron chi connectivity index (χ3n) is 3.27. The van der Waals surface area contributed by atoms with Crippen molar-refractivity contribution in [2.75, 3.05) is 26.4 Å². The highest BCUT2D eigenvalue weighted by Crippen LogP contribution is 2.35. The largest absolute Gasteiger partial charge is 0.454 e. The zero-order chi connectivity index (χ0) is 13.2.